The predicted molar refractivity (Wildman–Crippen MR) is 121 cm³/mol. The molecule has 3 heteroatoms. The van der Waals surface area contributed by atoms with Crippen molar-refractivity contribution in [3.05, 3.63) is 35.4 Å². The van der Waals surface area contributed by atoms with Crippen molar-refractivity contribution in [2.75, 3.05) is 0 Å². The van der Waals surface area contributed by atoms with Gasteiger partial charge in [-0.25, -0.2) is 0 Å². The van der Waals surface area contributed by atoms with E-state index in [1.54, 1.807) is 6.92 Å². The zero-order valence-electron chi connectivity index (χ0n) is 19.5. The number of aryl methyl sites for hydroxylation is 1. The molecule has 3 nitrogen and oxygen atoms in total. The second-order valence-electron chi connectivity index (χ2n) is 11.5. The Balaban J connectivity index is 1.75. The van der Waals surface area contributed by atoms with Crippen molar-refractivity contribution in [1.82, 2.24) is 0 Å². The predicted octanol–water partition coefficient (Wildman–Crippen LogP) is 6.67. The highest BCUT2D eigenvalue weighted by Gasteiger charge is 2.63. The van der Waals surface area contributed by atoms with Gasteiger partial charge in [0, 0.05) is 12.8 Å². The lowest BCUT2D eigenvalue weighted by Gasteiger charge is -2.65. The van der Waals surface area contributed by atoms with Gasteiger partial charge in [0.15, 0.2) is 0 Å². The Bertz CT molecular complexity index is 882. The molecule has 2 unspecified atom stereocenters. The van der Waals surface area contributed by atoms with Crippen LogP contribution in [0.2, 0.25) is 0 Å². The second-order valence-corrected chi connectivity index (χ2v) is 11.5. The highest BCUT2D eigenvalue weighted by atomic mass is 16.5. The minimum Gasteiger partial charge on any atom is -0.508 e. The maximum Gasteiger partial charge on any atom is 0.302 e. The number of fused-ring (bicyclic) bond motifs is 3. The Kier molecular flexibility index (Phi) is 5.11. The van der Waals surface area contributed by atoms with Crippen molar-refractivity contribution in [1.29, 1.82) is 0 Å². The fourth-order valence-corrected chi connectivity index (χ4v) is 7.83. The molecule has 0 aliphatic heterocycles. The molecule has 0 amide bonds. The molecule has 0 aromatic heterocycles. The maximum atomic E-state index is 12.1. The third-order valence-electron chi connectivity index (χ3n) is 8.86. The molecule has 0 heterocycles. The molecule has 1 aromatic carbocycles. The number of rotatable bonds is 2. The SMILES string of the molecule is CC(=O)O[C@@H]1C[C@@]2(C)CC(c3ccc(C)c(O)c3)=CCC2[C@@]2(C)CCCC(C)(C)C12. The van der Waals surface area contributed by atoms with Crippen LogP contribution in [-0.2, 0) is 9.53 Å². The Labute approximate surface area is 181 Å². The van der Waals surface area contributed by atoms with Gasteiger partial charge in [-0.2, -0.15) is 0 Å². The van der Waals surface area contributed by atoms with E-state index in [-0.39, 0.29) is 28.3 Å². The summed E-state index contributed by atoms with van der Waals surface area (Å²) in [5.74, 6) is 1.20. The smallest absolute Gasteiger partial charge is 0.302 e. The lowest BCUT2D eigenvalue weighted by molar-refractivity contribution is -0.204. The van der Waals surface area contributed by atoms with Crippen LogP contribution in [0.1, 0.15) is 84.3 Å². The average Bonchev–Trinajstić information content (AvgIpc) is 2.61. The van der Waals surface area contributed by atoms with Gasteiger partial charge in [-0.1, -0.05) is 52.3 Å². The summed E-state index contributed by atoms with van der Waals surface area (Å²) in [7, 11) is 0. The number of carbonyl (C=O) groups excluding carboxylic acids is 1. The molecule has 164 valence electrons. The first-order chi connectivity index (χ1) is 14.0. The Morgan fingerprint density at radius 3 is 2.57 bits per heavy atom. The summed E-state index contributed by atoms with van der Waals surface area (Å²) in [5, 5.41) is 10.2. The lowest BCUT2D eigenvalue weighted by Crippen LogP contribution is -2.61. The van der Waals surface area contributed by atoms with Gasteiger partial charge in [-0.15, -0.1) is 0 Å². The van der Waals surface area contributed by atoms with E-state index in [2.05, 4.69) is 39.8 Å². The van der Waals surface area contributed by atoms with Gasteiger partial charge in [0.2, 0.25) is 0 Å². The van der Waals surface area contributed by atoms with E-state index in [0.717, 1.165) is 30.4 Å². The number of phenolic OH excluding ortho intramolecular Hbond substituents is 1. The van der Waals surface area contributed by atoms with Crippen molar-refractivity contribution in [2.45, 2.75) is 86.2 Å². The Morgan fingerprint density at radius 1 is 1.17 bits per heavy atom. The number of benzene rings is 1. The summed E-state index contributed by atoms with van der Waals surface area (Å²) in [6.07, 6.45) is 9.04. The summed E-state index contributed by atoms with van der Waals surface area (Å²) >= 11 is 0. The number of allylic oxidation sites excluding steroid dienone is 2. The van der Waals surface area contributed by atoms with Crippen LogP contribution in [0.15, 0.2) is 24.3 Å². The van der Waals surface area contributed by atoms with Gasteiger partial charge in [-0.05, 0) is 84.0 Å². The third-order valence-corrected chi connectivity index (χ3v) is 8.86. The van der Waals surface area contributed by atoms with Crippen molar-refractivity contribution < 1.29 is 14.6 Å². The van der Waals surface area contributed by atoms with Crippen molar-refractivity contribution in [3.8, 4) is 5.75 Å². The van der Waals surface area contributed by atoms with Crippen LogP contribution in [0.5, 0.6) is 5.75 Å². The zero-order valence-corrected chi connectivity index (χ0v) is 19.5. The first kappa shape index (κ1) is 21.5. The molecule has 4 rings (SSSR count). The molecular weight excluding hydrogens is 372 g/mol. The number of phenols is 1. The van der Waals surface area contributed by atoms with Gasteiger partial charge >= 0.3 is 5.97 Å². The molecule has 0 saturated heterocycles. The van der Waals surface area contributed by atoms with E-state index in [1.165, 1.54) is 24.8 Å². The van der Waals surface area contributed by atoms with E-state index in [9.17, 15) is 9.90 Å². The number of ether oxygens (including phenoxy) is 1. The van der Waals surface area contributed by atoms with Gasteiger partial charge in [0.1, 0.15) is 11.9 Å². The topological polar surface area (TPSA) is 46.5 Å². The standard InChI is InChI=1S/C27H38O3/c1-17-8-9-19(14-21(17)29)20-10-11-23-26(5,15-20)16-22(30-18(2)28)24-25(3,4)12-7-13-27(23,24)6/h8-10,14,22-24,29H,7,11-13,15-16H2,1-6H3/t22-,23?,24?,26-,27-/m1/s1. The average molecular weight is 411 g/mol. The molecule has 1 aromatic rings. The summed E-state index contributed by atoms with van der Waals surface area (Å²) < 4.78 is 6.05. The monoisotopic (exact) mass is 410 g/mol. The van der Waals surface area contributed by atoms with Crippen LogP contribution in [0.4, 0.5) is 0 Å². The maximum absolute atomic E-state index is 12.1. The van der Waals surface area contributed by atoms with Crippen LogP contribution in [0.3, 0.4) is 0 Å². The first-order valence-corrected chi connectivity index (χ1v) is 11.6. The molecule has 30 heavy (non-hydrogen) atoms. The first-order valence-electron chi connectivity index (χ1n) is 11.6. The Hall–Kier alpha value is -1.77. The van der Waals surface area contributed by atoms with E-state index < -0.39 is 0 Å². The minimum absolute atomic E-state index is 0.0187. The van der Waals surface area contributed by atoms with E-state index >= 15 is 0 Å². The van der Waals surface area contributed by atoms with Crippen LogP contribution < -0.4 is 0 Å². The van der Waals surface area contributed by atoms with E-state index in [1.807, 2.05) is 19.1 Å². The van der Waals surface area contributed by atoms with Crippen molar-refractivity contribution in [2.24, 2.45) is 28.1 Å². The van der Waals surface area contributed by atoms with E-state index in [0.29, 0.717) is 17.6 Å². The van der Waals surface area contributed by atoms with Gasteiger partial charge in [-0.3, -0.25) is 4.79 Å². The third kappa shape index (κ3) is 3.39. The van der Waals surface area contributed by atoms with Crippen molar-refractivity contribution >= 4 is 11.5 Å². The molecule has 0 radical (unpaired) electrons. The molecule has 2 saturated carbocycles. The van der Waals surface area contributed by atoms with Crippen molar-refractivity contribution in [3.63, 3.8) is 0 Å². The number of aromatic hydroxyl groups is 1. The minimum atomic E-state index is -0.152. The molecule has 2 fully saturated rings. The molecule has 3 aliphatic rings. The number of carbonyl (C=O) groups is 1. The zero-order chi connectivity index (χ0) is 21.9. The largest absolute Gasteiger partial charge is 0.508 e. The lowest BCUT2D eigenvalue weighted by atomic mass is 9.40. The summed E-state index contributed by atoms with van der Waals surface area (Å²) in [6, 6.07) is 6.04. The second kappa shape index (κ2) is 7.14. The van der Waals surface area contributed by atoms with Crippen LogP contribution >= 0.6 is 0 Å². The summed E-state index contributed by atoms with van der Waals surface area (Å²) in [6.45, 7) is 13.2. The number of esters is 1. The normalized spacial score (nSPS) is 37.5. The van der Waals surface area contributed by atoms with E-state index in [4.69, 9.17) is 4.74 Å². The summed E-state index contributed by atoms with van der Waals surface area (Å²) in [5.41, 5.74) is 3.80. The van der Waals surface area contributed by atoms with Crippen LogP contribution in [-0.4, -0.2) is 17.2 Å². The molecule has 3 aliphatic carbocycles. The number of hydrogen-bond acceptors (Lipinski definition) is 3. The molecule has 0 spiro atoms. The number of hydrogen-bond donors (Lipinski definition) is 1. The fourth-order valence-electron chi connectivity index (χ4n) is 7.83. The van der Waals surface area contributed by atoms with Crippen LogP contribution in [0.25, 0.3) is 5.57 Å². The van der Waals surface area contributed by atoms with Gasteiger partial charge < -0.3 is 9.84 Å². The van der Waals surface area contributed by atoms with Gasteiger partial charge in [0.05, 0.1) is 0 Å². The highest BCUT2D eigenvalue weighted by Crippen LogP contribution is 2.68. The van der Waals surface area contributed by atoms with Crippen LogP contribution in [0, 0.1) is 35.0 Å². The molecule has 5 atom stereocenters. The molecule has 0 bridgehead atoms. The fraction of sp³-hybridized carbons (Fsp3) is 0.667. The van der Waals surface area contributed by atoms with Gasteiger partial charge in [0.25, 0.3) is 0 Å². The molecule has 1 N–H and O–H groups in total. The quantitative estimate of drug-likeness (QED) is 0.554. The molecular formula is C27H38O3. The Morgan fingerprint density at radius 2 is 1.90 bits per heavy atom. The highest BCUT2D eigenvalue weighted by molar-refractivity contribution is 5.69. The summed E-state index contributed by atoms with van der Waals surface area (Å²) in [4.78, 5) is 12.1.